The molecule has 4 heterocycles. The molecule has 1 saturated heterocycles. The number of hydrogen-bond acceptors (Lipinski definition) is 10. The Hall–Kier alpha value is -4.67. The van der Waals surface area contributed by atoms with Crippen LogP contribution in [0, 0.1) is 0 Å². The third kappa shape index (κ3) is 6.87. The predicted octanol–water partition coefficient (Wildman–Crippen LogP) is 4.24. The van der Waals surface area contributed by atoms with Crippen LogP contribution in [0.4, 0.5) is 19.0 Å². The van der Waals surface area contributed by atoms with Crippen LogP contribution in [0.25, 0.3) is 21.6 Å². The van der Waals surface area contributed by atoms with Gasteiger partial charge in [0.05, 0.1) is 17.3 Å². The number of piperazine rings is 1. The van der Waals surface area contributed by atoms with Crippen molar-refractivity contribution in [1.29, 1.82) is 0 Å². The highest BCUT2D eigenvalue weighted by molar-refractivity contribution is 7.89. The summed E-state index contributed by atoms with van der Waals surface area (Å²) in [6.45, 7) is 0.126. The van der Waals surface area contributed by atoms with E-state index in [2.05, 4.69) is 30.0 Å². The number of ether oxygens (including phenoxy) is 1. The molecule has 0 spiro atoms. The smallest absolute Gasteiger partial charge is 0.406 e. The molecule has 1 N–H and O–H groups in total. The molecule has 45 heavy (non-hydrogen) atoms. The Morgan fingerprint density at radius 3 is 2.51 bits per heavy atom. The molecule has 1 atom stereocenters. The first-order valence-electron chi connectivity index (χ1n) is 13.5. The van der Waals surface area contributed by atoms with Crippen molar-refractivity contribution in [2.45, 2.75) is 23.8 Å². The first-order chi connectivity index (χ1) is 21.6. The summed E-state index contributed by atoms with van der Waals surface area (Å²) in [6, 6.07) is 14.3. The molecule has 5 aromatic rings. The van der Waals surface area contributed by atoms with Crippen LogP contribution in [0.1, 0.15) is 5.56 Å². The van der Waals surface area contributed by atoms with Crippen molar-refractivity contribution in [1.82, 2.24) is 29.6 Å². The predicted molar refractivity (Wildman–Crippen MR) is 160 cm³/mol. The summed E-state index contributed by atoms with van der Waals surface area (Å²) >= 11 is 1.61. The number of halogens is 3. The van der Waals surface area contributed by atoms with E-state index in [0.29, 0.717) is 17.0 Å². The number of alkyl halides is 3. The Morgan fingerprint density at radius 2 is 1.80 bits per heavy atom. The molecule has 2 aromatic carbocycles. The maximum atomic E-state index is 13.8. The van der Waals surface area contributed by atoms with E-state index in [1.54, 1.807) is 16.2 Å². The fourth-order valence-electron chi connectivity index (χ4n) is 4.87. The number of carbonyl (C=O) groups excluding carboxylic acids is 1. The molecule has 0 bridgehead atoms. The van der Waals surface area contributed by atoms with Gasteiger partial charge in [0.1, 0.15) is 29.5 Å². The van der Waals surface area contributed by atoms with Gasteiger partial charge in [0.25, 0.3) is 0 Å². The van der Waals surface area contributed by atoms with Gasteiger partial charge < -0.3 is 15.0 Å². The molecule has 1 aliphatic rings. The fourth-order valence-corrected chi connectivity index (χ4v) is 7.17. The van der Waals surface area contributed by atoms with Crippen LogP contribution in [0.2, 0.25) is 0 Å². The number of rotatable bonds is 8. The summed E-state index contributed by atoms with van der Waals surface area (Å²) in [4.78, 5) is 33.1. The van der Waals surface area contributed by atoms with Crippen LogP contribution in [-0.2, 0) is 21.4 Å². The number of hydrogen-bond donors (Lipinski definition) is 1. The molecular formula is C29H24F3N7O4S2. The van der Waals surface area contributed by atoms with Gasteiger partial charge in [0.15, 0.2) is 5.65 Å². The number of aromatic nitrogens is 4. The number of amides is 1. The molecule has 0 aliphatic carbocycles. The van der Waals surface area contributed by atoms with Crippen molar-refractivity contribution in [3.63, 3.8) is 0 Å². The topological polar surface area (TPSA) is 131 Å². The molecule has 1 amide bonds. The molecule has 1 aliphatic heterocycles. The summed E-state index contributed by atoms with van der Waals surface area (Å²) in [5, 5.41) is 4.83. The quantitative estimate of drug-likeness (QED) is 0.261. The number of fused-ring (bicyclic) bond motifs is 1. The van der Waals surface area contributed by atoms with Crippen molar-refractivity contribution >= 4 is 44.2 Å². The summed E-state index contributed by atoms with van der Waals surface area (Å²) in [5.74, 6) is -0.725. The van der Waals surface area contributed by atoms with Crippen LogP contribution in [0.3, 0.4) is 0 Å². The Kier molecular flexibility index (Phi) is 8.35. The van der Waals surface area contributed by atoms with E-state index in [1.165, 1.54) is 18.7 Å². The van der Waals surface area contributed by atoms with Gasteiger partial charge in [-0.25, -0.2) is 28.4 Å². The molecule has 232 valence electrons. The summed E-state index contributed by atoms with van der Waals surface area (Å²) in [7, 11) is -4.32. The minimum atomic E-state index is -4.93. The highest BCUT2D eigenvalue weighted by Gasteiger charge is 2.41. The van der Waals surface area contributed by atoms with Gasteiger partial charge in [-0.3, -0.25) is 4.79 Å². The summed E-state index contributed by atoms with van der Waals surface area (Å²) < 4.78 is 70.3. The number of carbonyl (C=O) groups is 1. The number of nitrogens with one attached hydrogen (secondary N) is 1. The van der Waals surface area contributed by atoms with Gasteiger partial charge in [-0.15, -0.1) is 24.5 Å². The maximum Gasteiger partial charge on any atom is 0.573 e. The molecule has 11 nitrogen and oxygen atoms in total. The largest absolute Gasteiger partial charge is 0.573 e. The fraction of sp³-hybridized carbons (Fsp3) is 0.207. The number of anilines is 1. The van der Waals surface area contributed by atoms with Gasteiger partial charge in [-0.05, 0) is 46.8 Å². The molecule has 3 aromatic heterocycles. The van der Waals surface area contributed by atoms with Crippen molar-refractivity contribution in [2.75, 3.05) is 24.5 Å². The van der Waals surface area contributed by atoms with E-state index in [0.717, 1.165) is 44.6 Å². The first-order valence-corrected chi connectivity index (χ1v) is 15.8. The van der Waals surface area contributed by atoms with E-state index in [1.807, 2.05) is 41.8 Å². The molecule has 0 saturated carbocycles. The second-order valence-corrected chi connectivity index (χ2v) is 12.8. The van der Waals surface area contributed by atoms with Crippen molar-refractivity contribution in [3.8, 4) is 16.2 Å². The van der Waals surface area contributed by atoms with Crippen LogP contribution in [-0.4, -0.2) is 70.6 Å². The zero-order valence-corrected chi connectivity index (χ0v) is 24.9. The van der Waals surface area contributed by atoms with Crippen LogP contribution < -0.4 is 15.0 Å². The Bertz CT molecular complexity index is 1910. The van der Waals surface area contributed by atoms with Gasteiger partial charge in [0.2, 0.25) is 15.9 Å². The lowest BCUT2D eigenvalue weighted by Crippen LogP contribution is -2.60. The molecule has 0 unspecified atom stereocenters. The third-order valence-electron chi connectivity index (χ3n) is 7.06. The monoisotopic (exact) mass is 655 g/mol. The Morgan fingerprint density at radius 1 is 1.02 bits per heavy atom. The zero-order chi connectivity index (χ0) is 31.6. The normalized spacial score (nSPS) is 16.1. The highest BCUT2D eigenvalue weighted by atomic mass is 32.2. The standard InChI is InChI=1S/C29H24F3N7O4S2/c30-29(31,32)43-21-7-9-22(10-8-21)45(41,42)39-12-11-38(26-16-34-23-15-33-18-36-27(23)37-26)17-24(39)28(40)35-14-19-3-5-20(6-4-19)25-2-1-13-44-25/h1-10,13,15-16,18,24H,11-12,14,17H2,(H,35,40)/t24-/m1/s1. The zero-order valence-electron chi connectivity index (χ0n) is 23.3. The molecule has 1 fully saturated rings. The molecule has 16 heteroatoms. The average molecular weight is 656 g/mol. The van der Waals surface area contributed by atoms with E-state index < -0.39 is 34.1 Å². The van der Waals surface area contributed by atoms with Crippen molar-refractivity contribution in [3.05, 3.63) is 90.3 Å². The number of thiophene rings is 1. The molecule has 0 radical (unpaired) electrons. The van der Waals surface area contributed by atoms with Crippen molar-refractivity contribution < 1.29 is 31.1 Å². The van der Waals surface area contributed by atoms with E-state index in [9.17, 15) is 26.4 Å². The van der Waals surface area contributed by atoms with Gasteiger partial charge >= 0.3 is 6.36 Å². The third-order valence-corrected chi connectivity index (χ3v) is 9.90. The van der Waals surface area contributed by atoms with Crippen LogP contribution in [0.15, 0.2) is 89.7 Å². The van der Waals surface area contributed by atoms with Gasteiger partial charge in [-0.1, -0.05) is 30.3 Å². The second-order valence-electron chi connectivity index (χ2n) is 9.95. The lowest BCUT2D eigenvalue weighted by molar-refractivity contribution is -0.274. The Balaban J connectivity index is 1.24. The summed E-state index contributed by atoms with van der Waals surface area (Å²) in [6.07, 6.45) is -0.585. The first kappa shape index (κ1) is 30.4. The molecule has 6 rings (SSSR count). The highest BCUT2D eigenvalue weighted by Crippen LogP contribution is 2.28. The van der Waals surface area contributed by atoms with E-state index in [4.69, 9.17) is 0 Å². The number of sulfonamides is 1. The number of nitrogens with zero attached hydrogens (tertiary/aromatic N) is 6. The minimum Gasteiger partial charge on any atom is -0.406 e. The van der Waals surface area contributed by atoms with E-state index in [-0.39, 0.29) is 31.1 Å². The SMILES string of the molecule is O=C(NCc1ccc(-c2cccs2)cc1)[C@H]1CN(c2cnc3cncnc3n2)CCN1S(=O)(=O)c1ccc(OC(F)(F)F)cc1. The van der Waals surface area contributed by atoms with E-state index >= 15 is 0 Å². The van der Waals surface area contributed by atoms with Crippen LogP contribution >= 0.6 is 11.3 Å². The van der Waals surface area contributed by atoms with Crippen molar-refractivity contribution in [2.24, 2.45) is 0 Å². The average Bonchev–Trinajstić information content (AvgIpc) is 3.58. The van der Waals surface area contributed by atoms with Crippen LogP contribution in [0.5, 0.6) is 5.75 Å². The lowest BCUT2D eigenvalue weighted by atomic mass is 10.1. The van der Waals surface area contributed by atoms with Gasteiger partial charge in [0, 0.05) is 31.1 Å². The second kappa shape index (κ2) is 12.4. The number of benzene rings is 2. The lowest BCUT2D eigenvalue weighted by Gasteiger charge is -2.40. The summed E-state index contributed by atoms with van der Waals surface area (Å²) in [5.41, 5.74) is 2.66. The van der Waals surface area contributed by atoms with Gasteiger partial charge in [-0.2, -0.15) is 4.31 Å². The maximum absolute atomic E-state index is 13.8. The minimum absolute atomic E-state index is 0.0665. The Labute approximate surface area is 259 Å². The molecular weight excluding hydrogens is 631 g/mol.